The van der Waals surface area contributed by atoms with E-state index in [1.807, 2.05) is 0 Å². The Morgan fingerprint density at radius 2 is 2.05 bits per heavy atom. The summed E-state index contributed by atoms with van der Waals surface area (Å²) in [5, 5.41) is 3.73. The zero-order valence-corrected chi connectivity index (χ0v) is 13.9. The molecule has 1 N–H and O–H groups in total. The van der Waals surface area contributed by atoms with Gasteiger partial charge in [-0.3, -0.25) is 4.90 Å². The summed E-state index contributed by atoms with van der Waals surface area (Å²) in [6, 6.07) is 11.0. The van der Waals surface area contributed by atoms with Crippen LogP contribution in [0.2, 0.25) is 0 Å². The Hall–Kier alpha value is -0.860. The minimum Gasteiger partial charge on any atom is -0.316 e. The van der Waals surface area contributed by atoms with Crippen molar-refractivity contribution in [2.45, 2.75) is 40.2 Å². The van der Waals surface area contributed by atoms with Gasteiger partial charge in [-0.1, -0.05) is 57.5 Å². The zero-order chi connectivity index (χ0) is 14.9. The predicted molar refractivity (Wildman–Crippen MR) is 89.2 cm³/mol. The lowest BCUT2D eigenvalue weighted by Crippen LogP contribution is -2.62. The van der Waals surface area contributed by atoms with Crippen molar-refractivity contribution < 1.29 is 0 Å². The highest BCUT2D eigenvalue weighted by Crippen LogP contribution is 2.50. The van der Waals surface area contributed by atoms with E-state index in [0.29, 0.717) is 10.8 Å². The number of piperidine rings is 2. The molecule has 1 aromatic carbocycles. The number of nitrogens with zero attached hydrogens (tertiary/aromatic N) is 1. The van der Waals surface area contributed by atoms with Crippen LogP contribution in [0, 0.1) is 16.7 Å². The first-order chi connectivity index (χ1) is 10.0. The van der Waals surface area contributed by atoms with Crippen molar-refractivity contribution in [3.63, 3.8) is 0 Å². The Morgan fingerprint density at radius 3 is 2.76 bits per heavy atom. The molecule has 3 rings (SSSR count). The molecule has 0 radical (unpaired) electrons. The summed E-state index contributed by atoms with van der Waals surface area (Å²) in [7, 11) is 0. The summed E-state index contributed by atoms with van der Waals surface area (Å²) in [5.74, 6) is 0.821. The Bertz CT molecular complexity index is 468. The molecule has 2 bridgehead atoms. The van der Waals surface area contributed by atoms with Crippen molar-refractivity contribution in [1.82, 2.24) is 10.2 Å². The second-order valence-electron chi connectivity index (χ2n) is 7.87. The molecule has 2 aliphatic heterocycles. The van der Waals surface area contributed by atoms with Gasteiger partial charge < -0.3 is 5.32 Å². The fraction of sp³-hybridized carbons (Fsp3) is 0.684. The van der Waals surface area contributed by atoms with Crippen LogP contribution in [-0.2, 0) is 6.54 Å². The van der Waals surface area contributed by atoms with Gasteiger partial charge in [-0.15, -0.1) is 0 Å². The van der Waals surface area contributed by atoms with Crippen LogP contribution in [0.25, 0.3) is 0 Å². The van der Waals surface area contributed by atoms with Crippen LogP contribution in [0.3, 0.4) is 0 Å². The van der Waals surface area contributed by atoms with E-state index >= 15 is 0 Å². The summed E-state index contributed by atoms with van der Waals surface area (Å²) in [6.45, 7) is 13.3. The molecule has 2 fully saturated rings. The van der Waals surface area contributed by atoms with Crippen molar-refractivity contribution >= 4 is 0 Å². The lowest BCUT2D eigenvalue weighted by Gasteiger charge is -2.57. The standard InChI is InChI=1S/C19H30N2/c1-4-18(2,3)19-10-17(11-20-14-19)13-21(15-19)12-16-8-6-5-7-9-16/h5-9,17,20H,4,10-15H2,1-3H3. The summed E-state index contributed by atoms with van der Waals surface area (Å²) < 4.78 is 0. The van der Waals surface area contributed by atoms with E-state index in [0.717, 1.165) is 12.5 Å². The smallest absolute Gasteiger partial charge is 0.0234 e. The van der Waals surface area contributed by atoms with Gasteiger partial charge in [0.1, 0.15) is 0 Å². The van der Waals surface area contributed by atoms with Gasteiger partial charge in [0.25, 0.3) is 0 Å². The van der Waals surface area contributed by atoms with Gasteiger partial charge in [-0.05, 0) is 29.9 Å². The lowest BCUT2D eigenvalue weighted by atomic mass is 9.57. The zero-order valence-electron chi connectivity index (χ0n) is 13.9. The Kier molecular flexibility index (Phi) is 4.11. The largest absolute Gasteiger partial charge is 0.316 e. The molecule has 0 spiro atoms. The van der Waals surface area contributed by atoms with Crippen LogP contribution >= 0.6 is 0 Å². The second kappa shape index (κ2) is 5.73. The number of rotatable bonds is 4. The summed E-state index contributed by atoms with van der Waals surface area (Å²) >= 11 is 0. The molecule has 2 nitrogen and oxygen atoms in total. The Labute approximate surface area is 129 Å². The molecule has 2 unspecified atom stereocenters. The third kappa shape index (κ3) is 2.89. The van der Waals surface area contributed by atoms with Crippen molar-refractivity contribution in [3.05, 3.63) is 35.9 Å². The summed E-state index contributed by atoms with van der Waals surface area (Å²) in [4.78, 5) is 2.71. The van der Waals surface area contributed by atoms with E-state index in [1.165, 1.54) is 44.6 Å². The molecule has 1 aromatic rings. The van der Waals surface area contributed by atoms with E-state index < -0.39 is 0 Å². The van der Waals surface area contributed by atoms with E-state index in [4.69, 9.17) is 0 Å². The van der Waals surface area contributed by atoms with Crippen LogP contribution in [0.1, 0.15) is 39.2 Å². The maximum Gasteiger partial charge on any atom is 0.0234 e. The first-order valence-electron chi connectivity index (χ1n) is 8.52. The molecule has 2 heteroatoms. The first kappa shape index (κ1) is 15.1. The van der Waals surface area contributed by atoms with Crippen molar-refractivity contribution in [3.8, 4) is 0 Å². The number of hydrogen-bond donors (Lipinski definition) is 1. The van der Waals surface area contributed by atoms with Crippen LogP contribution in [0.5, 0.6) is 0 Å². The minimum absolute atomic E-state index is 0.411. The van der Waals surface area contributed by atoms with Gasteiger partial charge in [0.15, 0.2) is 0 Å². The average molecular weight is 286 g/mol. The molecule has 2 saturated heterocycles. The third-order valence-corrected chi connectivity index (χ3v) is 6.19. The summed E-state index contributed by atoms with van der Waals surface area (Å²) in [6.07, 6.45) is 2.67. The number of likely N-dealkylation sites (tertiary alicyclic amines) is 1. The quantitative estimate of drug-likeness (QED) is 0.911. The van der Waals surface area contributed by atoms with Crippen LogP contribution in [-0.4, -0.2) is 31.1 Å². The highest BCUT2D eigenvalue weighted by molar-refractivity contribution is 5.15. The molecule has 0 aromatic heterocycles. The van der Waals surface area contributed by atoms with E-state index in [-0.39, 0.29) is 0 Å². The van der Waals surface area contributed by atoms with E-state index in [1.54, 1.807) is 0 Å². The summed E-state index contributed by atoms with van der Waals surface area (Å²) in [5.41, 5.74) is 2.31. The molecule has 0 saturated carbocycles. The number of fused-ring (bicyclic) bond motifs is 2. The Balaban J connectivity index is 1.79. The molecule has 0 amide bonds. The fourth-order valence-electron chi connectivity index (χ4n) is 4.39. The van der Waals surface area contributed by atoms with Gasteiger partial charge in [-0.2, -0.15) is 0 Å². The molecule has 116 valence electrons. The van der Waals surface area contributed by atoms with E-state index in [2.05, 4.69) is 61.3 Å². The van der Waals surface area contributed by atoms with Gasteiger partial charge in [-0.25, -0.2) is 0 Å². The first-order valence-corrected chi connectivity index (χ1v) is 8.52. The van der Waals surface area contributed by atoms with Crippen LogP contribution in [0.4, 0.5) is 0 Å². The average Bonchev–Trinajstić information content (AvgIpc) is 2.48. The van der Waals surface area contributed by atoms with Crippen molar-refractivity contribution in [2.24, 2.45) is 16.7 Å². The van der Waals surface area contributed by atoms with Gasteiger partial charge >= 0.3 is 0 Å². The van der Waals surface area contributed by atoms with Crippen LogP contribution in [0.15, 0.2) is 30.3 Å². The monoisotopic (exact) mass is 286 g/mol. The number of hydrogen-bond acceptors (Lipinski definition) is 2. The van der Waals surface area contributed by atoms with Crippen molar-refractivity contribution in [1.29, 1.82) is 0 Å². The Morgan fingerprint density at radius 1 is 1.29 bits per heavy atom. The molecule has 21 heavy (non-hydrogen) atoms. The number of nitrogens with one attached hydrogen (secondary N) is 1. The SMILES string of the molecule is CCC(C)(C)C12CNCC(CN(Cc3ccccc3)C1)C2. The molecule has 2 heterocycles. The highest BCUT2D eigenvalue weighted by atomic mass is 15.2. The maximum absolute atomic E-state index is 3.73. The van der Waals surface area contributed by atoms with E-state index in [9.17, 15) is 0 Å². The maximum atomic E-state index is 3.73. The third-order valence-electron chi connectivity index (χ3n) is 6.19. The highest BCUT2D eigenvalue weighted by Gasteiger charge is 2.50. The minimum atomic E-state index is 0.411. The second-order valence-corrected chi connectivity index (χ2v) is 7.87. The molecular formula is C19H30N2. The van der Waals surface area contributed by atoms with Gasteiger partial charge in [0, 0.05) is 31.6 Å². The van der Waals surface area contributed by atoms with Crippen LogP contribution < -0.4 is 5.32 Å². The van der Waals surface area contributed by atoms with Gasteiger partial charge in [0.2, 0.25) is 0 Å². The molecular weight excluding hydrogens is 256 g/mol. The molecule has 2 atom stereocenters. The lowest BCUT2D eigenvalue weighted by molar-refractivity contribution is -0.0641. The van der Waals surface area contributed by atoms with Gasteiger partial charge in [0.05, 0.1) is 0 Å². The molecule has 2 aliphatic rings. The predicted octanol–water partition coefficient (Wildman–Crippen LogP) is 3.53. The normalized spacial score (nSPS) is 30.3. The topological polar surface area (TPSA) is 15.3 Å². The van der Waals surface area contributed by atoms with Crippen molar-refractivity contribution in [2.75, 3.05) is 26.2 Å². The number of benzene rings is 1. The molecule has 0 aliphatic carbocycles. The fourth-order valence-corrected chi connectivity index (χ4v) is 4.39.